The highest BCUT2D eigenvalue weighted by molar-refractivity contribution is 7.21. The lowest BCUT2D eigenvalue weighted by Crippen LogP contribution is -2.27. The van der Waals surface area contributed by atoms with Gasteiger partial charge in [0.05, 0.1) is 5.69 Å². The van der Waals surface area contributed by atoms with Gasteiger partial charge in [-0.2, -0.15) is 0 Å². The third kappa shape index (κ3) is 3.05. The molecule has 0 atom stereocenters. The SMILES string of the molecule is CC(C)(C)OC(=O)Nc1c(C(N)=O)sc2ncccc12. The Bertz CT molecular complexity index is 673. The molecule has 7 heteroatoms. The molecule has 0 saturated heterocycles. The van der Waals surface area contributed by atoms with Gasteiger partial charge >= 0.3 is 6.09 Å². The number of ether oxygens (including phenoxy) is 1. The molecule has 2 aromatic heterocycles. The predicted octanol–water partition coefficient (Wildman–Crippen LogP) is 2.74. The first-order valence-corrected chi connectivity index (χ1v) is 6.77. The Balaban J connectivity index is 2.39. The number of primary amides is 1. The van der Waals surface area contributed by atoms with Gasteiger partial charge in [-0.05, 0) is 32.9 Å². The molecule has 6 nitrogen and oxygen atoms in total. The van der Waals surface area contributed by atoms with Crippen molar-refractivity contribution in [2.45, 2.75) is 26.4 Å². The van der Waals surface area contributed by atoms with Crippen molar-refractivity contribution < 1.29 is 14.3 Å². The maximum atomic E-state index is 11.8. The minimum Gasteiger partial charge on any atom is -0.444 e. The van der Waals surface area contributed by atoms with Gasteiger partial charge in [-0.3, -0.25) is 10.1 Å². The topological polar surface area (TPSA) is 94.3 Å². The minimum atomic E-state index is -0.636. The zero-order chi connectivity index (χ0) is 14.9. The summed E-state index contributed by atoms with van der Waals surface area (Å²) in [7, 11) is 0. The summed E-state index contributed by atoms with van der Waals surface area (Å²) in [6.07, 6.45) is 0.976. The van der Waals surface area contributed by atoms with E-state index in [1.807, 2.05) is 0 Å². The average molecular weight is 293 g/mol. The van der Waals surface area contributed by atoms with E-state index in [0.29, 0.717) is 15.9 Å². The first-order valence-electron chi connectivity index (χ1n) is 5.95. The summed E-state index contributed by atoms with van der Waals surface area (Å²) in [5.74, 6) is -0.612. The molecule has 2 amide bonds. The standard InChI is InChI=1S/C13H15N3O3S/c1-13(2,3)19-12(18)16-8-7-5-4-6-15-11(7)20-9(8)10(14)17/h4-6H,1-3H3,(H2,14,17)(H,16,18). The number of aromatic nitrogens is 1. The molecular formula is C13H15N3O3S. The molecule has 0 fully saturated rings. The van der Waals surface area contributed by atoms with Gasteiger partial charge in [-0.25, -0.2) is 9.78 Å². The van der Waals surface area contributed by atoms with Gasteiger partial charge in [0.25, 0.3) is 5.91 Å². The summed E-state index contributed by atoms with van der Waals surface area (Å²) in [4.78, 5) is 28.3. The van der Waals surface area contributed by atoms with E-state index in [1.165, 1.54) is 0 Å². The van der Waals surface area contributed by atoms with E-state index in [1.54, 1.807) is 39.1 Å². The molecule has 0 spiro atoms. The number of nitrogens with one attached hydrogen (secondary N) is 1. The number of hydrogen-bond acceptors (Lipinski definition) is 5. The van der Waals surface area contributed by atoms with Crippen LogP contribution in [0.3, 0.4) is 0 Å². The van der Waals surface area contributed by atoms with E-state index in [9.17, 15) is 9.59 Å². The molecule has 2 rings (SSSR count). The number of carbonyl (C=O) groups is 2. The molecule has 0 aliphatic rings. The second-order valence-electron chi connectivity index (χ2n) is 5.15. The maximum absolute atomic E-state index is 11.8. The van der Waals surface area contributed by atoms with Gasteiger partial charge in [0.2, 0.25) is 0 Å². The van der Waals surface area contributed by atoms with Crippen LogP contribution >= 0.6 is 11.3 Å². The Morgan fingerprint density at radius 3 is 2.70 bits per heavy atom. The summed E-state index contributed by atoms with van der Waals surface area (Å²) in [6.45, 7) is 5.28. The molecule has 0 aliphatic heterocycles. The second kappa shape index (κ2) is 5.09. The van der Waals surface area contributed by atoms with Gasteiger partial charge in [0, 0.05) is 11.6 Å². The van der Waals surface area contributed by atoms with Crippen LogP contribution in [0.15, 0.2) is 18.3 Å². The van der Waals surface area contributed by atoms with Gasteiger partial charge in [0.15, 0.2) is 0 Å². The van der Waals surface area contributed by atoms with Crippen molar-refractivity contribution in [3.05, 3.63) is 23.2 Å². The minimum absolute atomic E-state index is 0.254. The van der Waals surface area contributed by atoms with E-state index in [-0.39, 0.29) is 4.88 Å². The van der Waals surface area contributed by atoms with Crippen LogP contribution in [0.25, 0.3) is 10.2 Å². The van der Waals surface area contributed by atoms with Crippen molar-refractivity contribution in [3.63, 3.8) is 0 Å². The molecule has 0 unspecified atom stereocenters. The fourth-order valence-corrected chi connectivity index (χ4v) is 2.59. The third-order valence-electron chi connectivity index (χ3n) is 2.32. The summed E-state index contributed by atoms with van der Waals surface area (Å²) >= 11 is 1.14. The fraction of sp³-hybridized carbons (Fsp3) is 0.308. The van der Waals surface area contributed by atoms with Crippen LogP contribution in [0.4, 0.5) is 10.5 Å². The molecule has 106 valence electrons. The largest absolute Gasteiger partial charge is 0.444 e. The number of fused-ring (bicyclic) bond motifs is 1. The Morgan fingerprint density at radius 2 is 2.10 bits per heavy atom. The fourth-order valence-electron chi connectivity index (χ4n) is 1.64. The monoisotopic (exact) mass is 293 g/mol. The smallest absolute Gasteiger partial charge is 0.412 e. The van der Waals surface area contributed by atoms with Crippen molar-refractivity contribution in [2.24, 2.45) is 5.73 Å². The van der Waals surface area contributed by atoms with Crippen LogP contribution in [0.5, 0.6) is 0 Å². The first-order chi connectivity index (χ1) is 9.28. The van der Waals surface area contributed by atoms with Crippen molar-refractivity contribution in [3.8, 4) is 0 Å². The molecule has 3 N–H and O–H groups in total. The molecule has 0 aliphatic carbocycles. The van der Waals surface area contributed by atoms with Gasteiger partial charge in [-0.15, -0.1) is 11.3 Å². The molecular weight excluding hydrogens is 278 g/mol. The molecule has 0 saturated carbocycles. The lowest BCUT2D eigenvalue weighted by Gasteiger charge is -2.19. The Labute approximate surface area is 119 Å². The van der Waals surface area contributed by atoms with E-state index in [4.69, 9.17) is 10.5 Å². The van der Waals surface area contributed by atoms with Crippen LogP contribution in [-0.4, -0.2) is 22.6 Å². The number of pyridine rings is 1. The van der Waals surface area contributed by atoms with Crippen molar-refractivity contribution >= 4 is 39.2 Å². The molecule has 2 aromatic rings. The molecule has 2 heterocycles. The van der Waals surface area contributed by atoms with Crippen molar-refractivity contribution in [1.82, 2.24) is 4.98 Å². The summed E-state index contributed by atoms with van der Waals surface area (Å²) < 4.78 is 5.18. The number of carbonyl (C=O) groups excluding carboxylic acids is 2. The Hall–Kier alpha value is -2.15. The van der Waals surface area contributed by atoms with Crippen LogP contribution in [0.2, 0.25) is 0 Å². The quantitative estimate of drug-likeness (QED) is 0.890. The summed E-state index contributed by atoms with van der Waals surface area (Å²) in [6, 6.07) is 3.48. The van der Waals surface area contributed by atoms with Gasteiger partial charge in [0.1, 0.15) is 15.3 Å². The number of nitrogens with two attached hydrogens (primary N) is 1. The zero-order valence-corrected chi connectivity index (χ0v) is 12.2. The normalized spacial score (nSPS) is 11.3. The molecule has 0 radical (unpaired) electrons. The Morgan fingerprint density at radius 1 is 1.40 bits per heavy atom. The summed E-state index contributed by atoms with van der Waals surface area (Å²) in [5.41, 5.74) is 5.06. The van der Waals surface area contributed by atoms with Crippen molar-refractivity contribution in [1.29, 1.82) is 0 Å². The number of nitrogens with zero attached hydrogens (tertiary/aromatic N) is 1. The second-order valence-corrected chi connectivity index (χ2v) is 6.15. The lowest BCUT2D eigenvalue weighted by molar-refractivity contribution is 0.0636. The van der Waals surface area contributed by atoms with E-state index < -0.39 is 17.6 Å². The highest BCUT2D eigenvalue weighted by Gasteiger charge is 2.22. The van der Waals surface area contributed by atoms with Gasteiger partial charge in [-0.1, -0.05) is 0 Å². The van der Waals surface area contributed by atoms with E-state index >= 15 is 0 Å². The van der Waals surface area contributed by atoms with E-state index in [2.05, 4.69) is 10.3 Å². The zero-order valence-electron chi connectivity index (χ0n) is 11.4. The van der Waals surface area contributed by atoms with Gasteiger partial charge < -0.3 is 10.5 Å². The number of rotatable bonds is 2. The third-order valence-corrected chi connectivity index (χ3v) is 3.44. The number of thiophene rings is 1. The lowest BCUT2D eigenvalue weighted by atomic mass is 10.2. The highest BCUT2D eigenvalue weighted by Crippen LogP contribution is 2.34. The molecule has 20 heavy (non-hydrogen) atoms. The van der Waals surface area contributed by atoms with E-state index in [0.717, 1.165) is 11.3 Å². The average Bonchev–Trinajstić information content (AvgIpc) is 2.66. The summed E-state index contributed by atoms with van der Waals surface area (Å²) in [5, 5.41) is 3.24. The number of anilines is 1. The first kappa shape index (κ1) is 14.3. The Kier molecular flexibility index (Phi) is 3.63. The maximum Gasteiger partial charge on any atom is 0.412 e. The highest BCUT2D eigenvalue weighted by atomic mass is 32.1. The molecule has 0 bridgehead atoms. The van der Waals surface area contributed by atoms with Crippen LogP contribution < -0.4 is 11.1 Å². The molecule has 0 aromatic carbocycles. The number of hydrogen-bond donors (Lipinski definition) is 2. The number of amides is 2. The van der Waals surface area contributed by atoms with Crippen LogP contribution in [0, 0.1) is 0 Å². The van der Waals surface area contributed by atoms with Crippen molar-refractivity contribution in [2.75, 3.05) is 5.32 Å². The predicted molar refractivity (Wildman–Crippen MR) is 78.0 cm³/mol. The van der Waals surface area contributed by atoms with Crippen LogP contribution in [0.1, 0.15) is 30.4 Å². The van der Waals surface area contributed by atoms with Crippen LogP contribution in [-0.2, 0) is 4.74 Å².